The Balaban J connectivity index is 1.56. The Kier molecular flexibility index (Phi) is 5.94. The second-order valence-electron chi connectivity index (χ2n) is 10.7. The highest BCUT2D eigenvalue weighted by molar-refractivity contribution is 6.03. The van der Waals surface area contributed by atoms with Gasteiger partial charge in [0.05, 0.1) is 16.9 Å². The van der Waals surface area contributed by atoms with Gasteiger partial charge >= 0.3 is 0 Å². The van der Waals surface area contributed by atoms with Crippen molar-refractivity contribution >= 4 is 17.4 Å². The van der Waals surface area contributed by atoms with Crippen LogP contribution in [0.4, 0.5) is 11.5 Å². The lowest BCUT2D eigenvalue weighted by Gasteiger charge is -2.24. The van der Waals surface area contributed by atoms with E-state index in [1.54, 1.807) is 4.90 Å². The van der Waals surface area contributed by atoms with Crippen molar-refractivity contribution in [3.05, 3.63) is 88.5 Å². The zero-order chi connectivity index (χ0) is 26.5. The number of benzene rings is 3. The van der Waals surface area contributed by atoms with E-state index in [1.807, 2.05) is 67.9 Å². The molecule has 0 saturated heterocycles. The van der Waals surface area contributed by atoms with Crippen LogP contribution in [0.5, 0.6) is 11.5 Å². The lowest BCUT2D eigenvalue weighted by molar-refractivity contribution is 0.0749. The highest BCUT2D eigenvalue weighted by Crippen LogP contribution is 2.38. The maximum atomic E-state index is 13.7. The fraction of sp³-hybridized carbons (Fsp3) is 0.267. The van der Waals surface area contributed by atoms with Crippen LogP contribution < -0.4 is 5.32 Å². The van der Waals surface area contributed by atoms with Gasteiger partial charge < -0.3 is 20.4 Å². The quantitative estimate of drug-likeness (QED) is 0.311. The summed E-state index contributed by atoms with van der Waals surface area (Å²) < 4.78 is 1.87. The molecule has 190 valence electrons. The van der Waals surface area contributed by atoms with Crippen molar-refractivity contribution in [2.45, 2.75) is 53.2 Å². The largest absolute Gasteiger partial charge is 0.508 e. The molecule has 3 aromatic carbocycles. The Bertz CT molecular complexity index is 1490. The molecular formula is C30H32N4O3. The first-order valence-corrected chi connectivity index (χ1v) is 12.4. The maximum Gasteiger partial charge on any atom is 0.260 e. The van der Waals surface area contributed by atoms with Gasteiger partial charge in [0.15, 0.2) is 0 Å². The average Bonchev–Trinajstić information content (AvgIpc) is 3.45. The van der Waals surface area contributed by atoms with Gasteiger partial charge in [-0.2, -0.15) is 5.10 Å². The summed E-state index contributed by atoms with van der Waals surface area (Å²) in [4.78, 5) is 15.4. The number of nitrogens with one attached hydrogen (secondary N) is 1. The minimum atomic E-state index is -0.377. The fourth-order valence-corrected chi connectivity index (χ4v) is 4.85. The molecule has 0 radical (unpaired) electrons. The number of carbonyl (C=O) groups is 1. The molecule has 7 heteroatoms. The van der Waals surface area contributed by atoms with Crippen molar-refractivity contribution in [2.24, 2.45) is 0 Å². The first-order chi connectivity index (χ1) is 17.5. The molecule has 1 aliphatic heterocycles. The van der Waals surface area contributed by atoms with Crippen LogP contribution >= 0.6 is 0 Å². The number of carbonyl (C=O) groups excluding carboxylic acids is 1. The van der Waals surface area contributed by atoms with E-state index < -0.39 is 0 Å². The van der Waals surface area contributed by atoms with Crippen LogP contribution in [0, 0.1) is 13.8 Å². The molecule has 2 heterocycles. The number of phenols is 2. The SMILES string of the molecule is Cc1cccc(-c2cc(Nc3cc(O)cc(O)c3C(=O)N3Cc4ccccc4C3)n(C(C)(C)C)n2)c1C. The van der Waals surface area contributed by atoms with Crippen LogP contribution in [-0.4, -0.2) is 30.8 Å². The van der Waals surface area contributed by atoms with Gasteiger partial charge in [0, 0.05) is 36.9 Å². The number of nitrogens with zero attached hydrogens (tertiary/aromatic N) is 3. The van der Waals surface area contributed by atoms with E-state index in [2.05, 4.69) is 25.2 Å². The van der Waals surface area contributed by atoms with Gasteiger partial charge in [0.25, 0.3) is 5.91 Å². The predicted octanol–water partition coefficient (Wildman–Crippen LogP) is 6.23. The van der Waals surface area contributed by atoms with Gasteiger partial charge in [-0.1, -0.05) is 42.5 Å². The molecule has 0 aliphatic carbocycles. The summed E-state index contributed by atoms with van der Waals surface area (Å²) in [6, 6.07) is 18.7. The lowest BCUT2D eigenvalue weighted by atomic mass is 10.0. The smallest absolute Gasteiger partial charge is 0.260 e. The molecule has 0 spiro atoms. The van der Waals surface area contributed by atoms with Gasteiger partial charge in [-0.25, -0.2) is 4.68 Å². The number of aromatic hydroxyl groups is 2. The number of hydrogen-bond donors (Lipinski definition) is 3. The molecule has 1 aliphatic rings. The number of phenolic OH excluding ortho intramolecular Hbond substituents is 2. The van der Waals surface area contributed by atoms with Crippen LogP contribution in [0.2, 0.25) is 0 Å². The number of fused-ring (bicyclic) bond motifs is 1. The minimum absolute atomic E-state index is 0.112. The third-order valence-electron chi connectivity index (χ3n) is 6.93. The molecule has 37 heavy (non-hydrogen) atoms. The first-order valence-electron chi connectivity index (χ1n) is 12.4. The molecule has 1 amide bonds. The van der Waals surface area contributed by atoms with Crippen LogP contribution in [-0.2, 0) is 18.6 Å². The van der Waals surface area contributed by atoms with Crippen molar-refractivity contribution in [1.82, 2.24) is 14.7 Å². The van der Waals surface area contributed by atoms with Crippen LogP contribution in [0.15, 0.2) is 60.7 Å². The molecule has 0 atom stereocenters. The van der Waals surface area contributed by atoms with E-state index in [0.29, 0.717) is 24.6 Å². The summed E-state index contributed by atoms with van der Waals surface area (Å²) in [5.74, 6) is -0.0854. The third-order valence-corrected chi connectivity index (χ3v) is 6.93. The number of rotatable bonds is 4. The zero-order valence-corrected chi connectivity index (χ0v) is 21.8. The summed E-state index contributed by atoms with van der Waals surface area (Å²) >= 11 is 0. The summed E-state index contributed by atoms with van der Waals surface area (Å²) in [6.45, 7) is 11.2. The van der Waals surface area contributed by atoms with E-state index in [0.717, 1.165) is 27.9 Å². The number of aryl methyl sites for hydroxylation is 1. The normalized spacial score (nSPS) is 13.1. The fourth-order valence-electron chi connectivity index (χ4n) is 4.85. The lowest BCUT2D eigenvalue weighted by Crippen LogP contribution is -2.27. The predicted molar refractivity (Wildman–Crippen MR) is 145 cm³/mol. The molecule has 0 bridgehead atoms. The van der Waals surface area contributed by atoms with Crippen LogP contribution in [0.3, 0.4) is 0 Å². The second kappa shape index (κ2) is 9.00. The summed E-state index contributed by atoms with van der Waals surface area (Å²) in [7, 11) is 0. The minimum Gasteiger partial charge on any atom is -0.508 e. The van der Waals surface area contributed by atoms with E-state index in [-0.39, 0.29) is 28.5 Å². The summed E-state index contributed by atoms with van der Waals surface area (Å²) in [5.41, 5.74) is 6.37. The van der Waals surface area contributed by atoms with Crippen molar-refractivity contribution in [1.29, 1.82) is 0 Å². The Morgan fingerprint density at radius 1 is 0.946 bits per heavy atom. The second-order valence-corrected chi connectivity index (χ2v) is 10.7. The van der Waals surface area contributed by atoms with Crippen molar-refractivity contribution < 1.29 is 15.0 Å². The number of amides is 1. The van der Waals surface area contributed by atoms with Gasteiger partial charge in [-0.3, -0.25) is 4.79 Å². The summed E-state index contributed by atoms with van der Waals surface area (Å²) in [6.07, 6.45) is 0. The Labute approximate surface area is 217 Å². The van der Waals surface area contributed by atoms with E-state index in [1.165, 1.54) is 17.7 Å². The number of aromatic nitrogens is 2. The van der Waals surface area contributed by atoms with E-state index in [4.69, 9.17) is 5.10 Å². The van der Waals surface area contributed by atoms with Crippen LogP contribution in [0.1, 0.15) is 53.4 Å². The monoisotopic (exact) mass is 496 g/mol. The molecular weight excluding hydrogens is 464 g/mol. The Morgan fingerprint density at radius 2 is 1.62 bits per heavy atom. The molecule has 0 saturated carbocycles. The molecule has 4 aromatic rings. The average molecular weight is 497 g/mol. The van der Waals surface area contributed by atoms with E-state index >= 15 is 0 Å². The van der Waals surface area contributed by atoms with Crippen molar-refractivity contribution in [3.8, 4) is 22.8 Å². The number of hydrogen-bond acceptors (Lipinski definition) is 5. The molecule has 0 fully saturated rings. The highest BCUT2D eigenvalue weighted by atomic mass is 16.3. The molecule has 1 aromatic heterocycles. The third kappa shape index (κ3) is 4.53. The number of anilines is 2. The summed E-state index contributed by atoms with van der Waals surface area (Å²) in [5, 5.41) is 29.3. The molecule has 0 unspecified atom stereocenters. The molecule has 7 nitrogen and oxygen atoms in total. The topological polar surface area (TPSA) is 90.6 Å². The van der Waals surface area contributed by atoms with Gasteiger partial charge in [0.1, 0.15) is 22.9 Å². The highest BCUT2D eigenvalue weighted by Gasteiger charge is 2.29. The van der Waals surface area contributed by atoms with Crippen molar-refractivity contribution in [3.63, 3.8) is 0 Å². The van der Waals surface area contributed by atoms with Crippen LogP contribution in [0.25, 0.3) is 11.3 Å². The Hall–Kier alpha value is -4.26. The zero-order valence-electron chi connectivity index (χ0n) is 21.8. The first kappa shape index (κ1) is 24.4. The Morgan fingerprint density at radius 3 is 2.27 bits per heavy atom. The maximum absolute atomic E-state index is 13.7. The van der Waals surface area contributed by atoms with Crippen molar-refractivity contribution in [2.75, 3.05) is 5.32 Å². The standard InChI is InChI=1S/C30H32N4O3/c1-18-9-8-12-23(19(18)2)24-15-27(34(32-24)30(3,4)5)31-25-13-22(35)14-26(36)28(25)29(37)33-16-20-10-6-7-11-21(20)17-33/h6-15,31,35-36H,16-17H2,1-5H3. The van der Waals surface area contributed by atoms with Gasteiger partial charge in [-0.15, -0.1) is 0 Å². The molecule has 5 rings (SSSR count). The van der Waals surface area contributed by atoms with E-state index in [9.17, 15) is 15.0 Å². The van der Waals surface area contributed by atoms with Gasteiger partial charge in [-0.05, 0) is 56.9 Å². The molecule has 3 N–H and O–H groups in total. The van der Waals surface area contributed by atoms with Gasteiger partial charge in [0.2, 0.25) is 0 Å².